The van der Waals surface area contributed by atoms with Crippen molar-refractivity contribution in [3.8, 4) is 12.3 Å². The molecule has 1 N–H and O–H groups in total. The molecule has 0 fully saturated rings. The molecule has 0 aromatic heterocycles. The molecule has 0 amide bonds. The van der Waals surface area contributed by atoms with Crippen molar-refractivity contribution in [3.05, 3.63) is 0 Å². The van der Waals surface area contributed by atoms with Crippen molar-refractivity contribution in [2.75, 3.05) is 20.5 Å². The summed E-state index contributed by atoms with van der Waals surface area (Å²) in [6, 6.07) is 0. The van der Waals surface area contributed by atoms with Crippen molar-refractivity contribution in [1.82, 2.24) is 0 Å². The fourth-order valence-corrected chi connectivity index (χ4v) is 2.73. The van der Waals surface area contributed by atoms with Gasteiger partial charge in [-0.15, -0.1) is 6.42 Å². The first-order valence-corrected chi connectivity index (χ1v) is 11.3. The van der Waals surface area contributed by atoms with Crippen LogP contribution >= 0.6 is 0 Å². The molecule has 7 heteroatoms. The molecule has 2 atom stereocenters. The van der Waals surface area contributed by atoms with E-state index in [0.29, 0.717) is 0 Å². The lowest BCUT2D eigenvalue weighted by molar-refractivity contribution is -0.169. The van der Waals surface area contributed by atoms with Gasteiger partial charge in [0, 0.05) is 7.11 Å². The minimum absolute atomic E-state index is 0.0397. The normalized spacial score (nSPS) is 16.2. The van der Waals surface area contributed by atoms with E-state index in [1.807, 2.05) is 0 Å². The van der Waals surface area contributed by atoms with Crippen LogP contribution in [0.2, 0.25) is 18.1 Å². The van der Waals surface area contributed by atoms with Crippen LogP contribution in [0.1, 0.15) is 41.0 Å². The monoisotopic (exact) mass is 374 g/mol. The molecule has 6 nitrogen and oxygen atoms in total. The first-order valence-electron chi connectivity index (χ1n) is 8.43. The molecule has 0 saturated heterocycles. The number of aliphatic hydroxyl groups is 1. The quantitative estimate of drug-likeness (QED) is 0.274. The number of methoxy groups -OCH3 is 1. The first-order chi connectivity index (χ1) is 11.3. The number of carbonyl (C=O) groups excluding carboxylic acids is 1. The van der Waals surface area contributed by atoms with Gasteiger partial charge in [0.05, 0.1) is 19.1 Å². The molecule has 0 aliphatic heterocycles. The topological polar surface area (TPSA) is 74.2 Å². The number of hydrogen-bond donors (Lipinski definition) is 1. The fraction of sp³-hybridized carbons (Fsp3) is 0.833. The standard InChI is InChI=1S/C18H34O6Si/c1-10-18(20,12-23-25(8,9)17(4,5)6)15(22-13-21-7)11-16(19)24-14(2)3/h1,14-15,20H,11-13H2,2-9H3/t15-,18+/m1/s1. The molecule has 0 rings (SSSR count). The average Bonchev–Trinajstić information content (AvgIpc) is 2.47. The molecule has 0 aliphatic carbocycles. The highest BCUT2D eigenvalue weighted by Gasteiger charge is 2.43. The molecule has 25 heavy (non-hydrogen) atoms. The molecule has 0 saturated carbocycles. The van der Waals surface area contributed by atoms with E-state index in [2.05, 4.69) is 39.8 Å². The zero-order chi connectivity index (χ0) is 19.9. The molecule has 0 radical (unpaired) electrons. The number of terminal acetylenes is 1. The number of rotatable bonds is 10. The van der Waals surface area contributed by atoms with Gasteiger partial charge in [-0.1, -0.05) is 26.7 Å². The van der Waals surface area contributed by atoms with Crippen LogP contribution in [0.4, 0.5) is 0 Å². The second kappa shape index (κ2) is 9.69. The van der Waals surface area contributed by atoms with Gasteiger partial charge in [-0.05, 0) is 32.0 Å². The minimum Gasteiger partial charge on any atom is -0.463 e. The maximum Gasteiger partial charge on any atom is 0.308 e. The third kappa shape index (κ3) is 7.88. The van der Waals surface area contributed by atoms with Crippen molar-refractivity contribution in [1.29, 1.82) is 0 Å². The predicted molar refractivity (Wildman–Crippen MR) is 99.5 cm³/mol. The van der Waals surface area contributed by atoms with Crippen LogP contribution in [0, 0.1) is 12.3 Å². The van der Waals surface area contributed by atoms with Crippen molar-refractivity contribution in [2.24, 2.45) is 0 Å². The Bertz CT molecular complexity index is 463. The van der Waals surface area contributed by atoms with Gasteiger partial charge in [-0.2, -0.15) is 0 Å². The van der Waals surface area contributed by atoms with Gasteiger partial charge in [0.1, 0.15) is 12.9 Å². The highest BCUT2D eigenvalue weighted by Crippen LogP contribution is 2.37. The van der Waals surface area contributed by atoms with E-state index in [1.54, 1.807) is 13.8 Å². The Kier molecular flexibility index (Phi) is 9.34. The maximum atomic E-state index is 12.0. The summed E-state index contributed by atoms with van der Waals surface area (Å²) >= 11 is 0. The van der Waals surface area contributed by atoms with Gasteiger partial charge in [-0.3, -0.25) is 4.79 Å². The third-order valence-electron chi connectivity index (χ3n) is 4.35. The maximum absolute atomic E-state index is 12.0. The predicted octanol–water partition coefficient (Wildman–Crippen LogP) is 2.70. The van der Waals surface area contributed by atoms with E-state index in [4.69, 9.17) is 25.1 Å². The number of ether oxygens (including phenoxy) is 3. The van der Waals surface area contributed by atoms with Crippen LogP contribution < -0.4 is 0 Å². The van der Waals surface area contributed by atoms with Crippen molar-refractivity contribution >= 4 is 14.3 Å². The Morgan fingerprint density at radius 2 is 1.84 bits per heavy atom. The highest BCUT2D eigenvalue weighted by atomic mass is 28.4. The molecule has 0 heterocycles. The Balaban J connectivity index is 5.25. The SMILES string of the molecule is C#C[C@](O)(CO[Si](C)(C)C(C)(C)C)[C@@H](CC(=O)OC(C)C)OCOC. The van der Waals surface area contributed by atoms with Crippen LogP contribution in [0.15, 0.2) is 0 Å². The van der Waals surface area contributed by atoms with Gasteiger partial charge in [0.2, 0.25) is 0 Å². The van der Waals surface area contributed by atoms with E-state index in [1.165, 1.54) is 7.11 Å². The van der Waals surface area contributed by atoms with Crippen molar-refractivity contribution < 1.29 is 28.5 Å². The summed E-state index contributed by atoms with van der Waals surface area (Å²) in [4.78, 5) is 12.0. The van der Waals surface area contributed by atoms with Crippen molar-refractivity contribution in [2.45, 2.75) is 77.0 Å². The Morgan fingerprint density at radius 3 is 2.24 bits per heavy atom. The smallest absolute Gasteiger partial charge is 0.308 e. The molecular formula is C18H34O6Si. The van der Waals surface area contributed by atoms with Gasteiger partial charge in [0.15, 0.2) is 13.9 Å². The summed E-state index contributed by atoms with van der Waals surface area (Å²) in [6.07, 6.45) is 4.11. The van der Waals surface area contributed by atoms with E-state index in [-0.39, 0.29) is 31.0 Å². The van der Waals surface area contributed by atoms with Gasteiger partial charge < -0.3 is 23.7 Å². The number of esters is 1. The minimum atomic E-state index is -2.13. The third-order valence-corrected chi connectivity index (χ3v) is 8.83. The van der Waals surface area contributed by atoms with Gasteiger partial charge in [-0.25, -0.2) is 0 Å². The van der Waals surface area contributed by atoms with E-state index in [9.17, 15) is 9.90 Å². The molecule has 0 aromatic rings. The second-order valence-electron chi connectivity index (χ2n) is 7.92. The zero-order valence-electron chi connectivity index (χ0n) is 16.8. The van der Waals surface area contributed by atoms with Gasteiger partial charge in [0.25, 0.3) is 0 Å². The summed E-state index contributed by atoms with van der Waals surface area (Å²) in [7, 11) is -0.684. The molecule has 0 unspecified atom stereocenters. The molecule has 146 valence electrons. The second-order valence-corrected chi connectivity index (χ2v) is 12.7. The summed E-state index contributed by atoms with van der Waals surface area (Å²) in [5, 5.41) is 10.9. The van der Waals surface area contributed by atoms with Crippen LogP contribution in [-0.4, -0.2) is 57.7 Å². The summed E-state index contributed by atoms with van der Waals surface area (Å²) in [5.74, 6) is 1.83. The molecule has 0 bridgehead atoms. The molecule has 0 aromatic carbocycles. The Labute approximate surface area is 153 Å². The zero-order valence-corrected chi connectivity index (χ0v) is 17.8. The number of carbonyl (C=O) groups is 1. The van der Waals surface area contributed by atoms with Crippen LogP contribution in [-0.2, 0) is 23.4 Å². The fourth-order valence-electron chi connectivity index (χ4n) is 1.71. The summed E-state index contributed by atoms with van der Waals surface area (Å²) in [5.41, 5.74) is -1.76. The highest BCUT2D eigenvalue weighted by molar-refractivity contribution is 6.74. The lowest BCUT2D eigenvalue weighted by Gasteiger charge is -2.39. The van der Waals surface area contributed by atoms with Crippen molar-refractivity contribution in [3.63, 3.8) is 0 Å². The lowest BCUT2D eigenvalue weighted by Crippen LogP contribution is -2.52. The number of hydrogen-bond acceptors (Lipinski definition) is 6. The summed E-state index contributed by atoms with van der Waals surface area (Å²) < 4.78 is 21.5. The summed E-state index contributed by atoms with van der Waals surface area (Å²) in [6.45, 7) is 13.7. The largest absolute Gasteiger partial charge is 0.463 e. The van der Waals surface area contributed by atoms with E-state index < -0.39 is 26.0 Å². The molecular weight excluding hydrogens is 340 g/mol. The average molecular weight is 375 g/mol. The first kappa shape index (κ1) is 24.1. The Hall–Kier alpha value is -0.913. The van der Waals surface area contributed by atoms with E-state index >= 15 is 0 Å². The van der Waals surface area contributed by atoms with Crippen LogP contribution in [0.5, 0.6) is 0 Å². The van der Waals surface area contributed by atoms with Crippen LogP contribution in [0.3, 0.4) is 0 Å². The van der Waals surface area contributed by atoms with Gasteiger partial charge >= 0.3 is 5.97 Å². The van der Waals surface area contributed by atoms with E-state index in [0.717, 1.165) is 0 Å². The molecule has 0 spiro atoms. The lowest BCUT2D eigenvalue weighted by atomic mass is 9.96. The van der Waals surface area contributed by atoms with Crippen LogP contribution in [0.25, 0.3) is 0 Å². The molecule has 0 aliphatic rings. The Morgan fingerprint density at radius 1 is 1.28 bits per heavy atom.